The van der Waals surface area contributed by atoms with Crippen LogP contribution < -0.4 is 0 Å². The van der Waals surface area contributed by atoms with E-state index in [2.05, 4.69) is 4.98 Å². The van der Waals surface area contributed by atoms with Crippen LogP contribution in [0.1, 0.15) is 17.0 Å². The predicted octanol–water partition coefficient (Wildman–Crippen LogP) is 2.47. The quantitative estimate of drug-likeness (QED) is 0.833. The van der Waals surface area contributed by atoms with Gasteiger partial charge in [-0.05, 0) is 17.7 Å². The Bertz CT molecular complexity index is 678. The molecule has 1 aromatic heterocycles. The number of rotatable bonds is 2. The molecule has 0 saturated carbocycles. The van der Waals surface area contributed by atoms with Crippen molar-refractivity contribution in [1.29, 1.82) is 10.5 Å². The van der Waals surface area contributed by atoms with Crippen molar-refractivity contribution in [2.45, 2.75) is 6.54 Å². The summed E-state index contributed by atoms with van der Waals surface area (Å²) in [6.07, 6.45) is 1.39. The first-order valence-electron chi connectivity index (χ1n) is 4.95. The Balaban J connectivity index is 2.38. The smallest absolute Gasteiger partial charge is 0.176 e. The second kappa shape index (κ2) is 4.87. The minimum Gasteiger partial charge on any atom is -0.317 e. The summed E-state index contributed by atoms with van der Waals surface area (Å²) in [6, 6.07) is 7.76. The molecule has 0 aliphatic carbocycles. The Morgan fingerprint density at radius 1 is 1.33 bits per heavy atom. The Morgan fingerprint density at radius 3 is 2.72 bits per heavy atom. The van der Waals surface area contributed by atoms with Crippen LogP contribution in [0.25, 0.3) is 0 Å². The fourth-order valence-electron chi connectivity index (χ4n) is 1.53. The SMILES string of the molecule is N#Cc1ncn(Cc2ccc(F)cc2Cl)c1C#N. The molecule has 0 aliphatic rings. The molecule has 0 saturated heterocycles. The lowest BCUT2D eigenvalue weighted by molar-refractivity contribution is 0.626. The standard InChI is InChI=1S/C12H6ClFN4/c13-10-3-9(14)2-1-8(10)6-18-7-17-11(4-15)12(18)5-16/h1-3,7H,6H2. The van der Waals surface area contributed by atoms with Crippen LogP contribution in [0.3, 0.4) is 0 Å². The van der Waals surface area contributed by atoms with Gasteiger partial charge in [-0.3, -0.25) is 0 Å². The van der Waals surface area contributed by atoms with Crippen LogP contribution in [0.4, 0.5) is 4.39 Å². The third-order valence-electron chi connectivity index (χ3n) is 2.41. The first-order valence-corrected chi connectivity index (χ1v) is 5.32. The molecule has 0 N–H and O–H groups in total. The maximum Gasteiger partial charge on any atom is 0.176 e. The highest BCUT2D eigenvalue weighted by atomic mass is 35.5. The second-order valence-electron chi connectivity index (χ2n) is 3.53. The molecule has 88 valence electrons. The van der Waals surface area contributed by atoms with E-state index in [-0.39, 0.29) is 23.0 Å². The predicted molar refractivity (Wildman–Crippen MR) is 62.2 cm³/mol. The van der Waals surface area contributed by atoms with Crippen LogP contribution in [-0.4, -0.2) is 9.55 Å². The highest BCUT2D eigenvalue weighted by Crippen LogP contribution is 2.19. The van der Waals surface area contributed by atoms with E-state index in [1.54, 1.807) is 0 Å². The molecule has 1 aromatic carbocycles. The van der Waals surface area contributed by atoms with Crippen molar-refractivity contribution in [3.8, 4) is 12.1 Å². The van der Waals surface area contributed by atoms with E-state index in [1.807, 2.05) is 12.1 Å². The van der Waals surface area contributed by atoms with Crippen molar-refractivity contribution in [2.75, 3.05) is 0 Å². The number of hydrogen-bond acceptors (Lipinski definition) is 3. The van der Waals surface area contributed by atoms with Crippen molar-refractivity contribution >= 4 is 11.6 Å². The van der Waals surface area contributed by atoms with Gasteiger partial charge in [-0.15, -0.1) is 0 Å². The van der Waals surface area contributed by atoms with E-state index >= 15 is 0 Å². The molecule has 0 radical (unpaired) electrons. The average molecular weight is 261 g/mol. The third-order valence-corrected chi connectivity index (χ3v) is 2.76. The highest BCUT2D eigenvalue weighted by molar-refractivity contribution is 6.31. The summed E-state index contributed by atoms with van der Waals surface area (Å²) >= 11 is 5.89. The first-order chi connectivity index (χ1) is 8.65. The zero-order valence-electron chi connectivity index (χ0n) is 9.06. The van der Waals surface area contributed by atoms with E-state index in [0.717, 1.165) is 0 Å². The van der Waals surface area contributed by atoms with Crippen LogP contribution in [0, 0.1) is 28.5 Å². The molecule has 6 heteroatoms. The fraction of sp³-hybridized carbons (Fsp3) is 0.0833. The maximum atomic E-state index is 12.9. The van der Waals surface area contributed by atoms with Gasteiger partial charge in [0.25, 0.3) is 0 Å². The van der Waals surface area contributed by atoms with Gasteiger partial charge >= 0.3 is 0 Å². The van der Waals surface area contributed by atoms with Crippen LogP contribution in [0.5, 0.6) is 0 Å². The van der Waals surface area contributed by atoms with Gasteiger partial charge in [0.1, 0.15) is 18.0 Å². The first kappa shape index (κ1) is 12.1. The molecule has 0 fully saturated rings. The minimum atomic E-state index is -0.424. The van der Waals surface area contributed by atoms with Gasteiger partial charge in [0.2, 0.25) is 0 Å². The van der Waals surface area contributed by atoms with E-state index in [9.17, 15) is 4.39 Å². The molecule has 2 rings (SSSR count). The Kier molecular flexibility index (Phi) is 3.27. The van der Waals surface area contributed by atoms with Gasteiger partial charge < -0.3 is 4.57 Å². The largest absolute Gasteiger partial charge is 0.317 e. The van der Waals surface area contributed by atoms with Gasteiger partial charge in [0.15, 0.2) is 11.4 Å². The number of imidazole rings is 1. The van der Waals surface area contributed by atoms with E-state index in [0.29, 0.717) is 5.56 Å². The second-order valence-corrected chi connectivity index (χ2v) is 3.94. The van der Waals surface area contributed by atoms with Gasteiger partial charge in [0.05, 0.1) is 12.9 Å². The molecule has 18 heavy (non-hydrogen) atoms. The normalized spacial score (nSPS) is 9.78. The molecule has 4 nitrogen and oxygen atoms in total. The summed E-state index contributed by atoms with van der Waals surface area (Å²) in [5.41, 5.74) is 0.880. The molecule has 1 heterocycles. The Morgan fingerprint density at radius 2 is 2.11 bits per heavy atom. The van der Waals surface area contributed by atoms with Crippen molar-refractivity contribution in [1.82, 2.24) is 9.55 Å². The summed E-state index contributed by atoms with van der Waals surface area (Å²) in [4.78, 5) is 3.81. The molecular weight excluding hydrogens is 255 g/mol. The lowest BCUT2D eigenvalue weighted by Gasteiger charge is -2.06. The van der Waals surface area contributed by atoms with Crippen molar-refractivity contribution < 1.29 is 4.39 Å². The van der Waals surface area contributed by atoms with Gasteiger partial charge in [-0.25, -0.2) is 9.37 Å². The molecule has 0 amide bonds. The number of aromatic nitrogens is 2. The van der Waals surface area contributed by atoms with Crippen LogP contribution >= 0.6 is 11.6 Å². The zero-order chi connectivity index (χ0) is 13.1. The number of nitriles is 2. The van der Waals surface area contributed by atoms with Crippen LogP contribution in [0.2, 0.25) is 5.02 Å². The molecule has 2 aromatic rings. The van der Waals surface area contributed by atoms with Crippen molar-refractivity contribution in [2.24, 2.45) is 0 Å². The van der Waals surface area contributed by atoms with E-state index in [1.165, 1.54) is 29.1 Å². The van der Waals surface area contributed by atoms with Gasteiger partial charge in [-0.1, -0.05) is 17.7 Å². The lowest BCUT2D eigenvalue weighted by Crippen LogP contribution is -2.02. The van der Waals surface area contributed by atoms with Crippen LogP contribution in [-0.2, 0) is 6.54 Å². The molecule has 0 atom stereocenters. The fourth-order valence-corrected chi connectivity index (χ4v) is 1.76. The number of benzene rings is 1. The van der Waals surface area contributed by atoms with Gasteiger partial charge in [0, 0.05) is 5.02 Å². The average Bonchev–Trinajstić information content (AvgIpc) is 2.74. The Hall–Kier alpha value is -2.37. The van der Waals surface area contributed by atoms with Crippen molar-refractivity contribution in [3.63, 3.8) is 0 Å². The molecule has 0 bridgehead atoms. The Labute approximate surface area is 107 Å². The monoisotopic (exact) mass is 260 g/mol. The number of hydrogen-bond donors (Lipinski definition) is 0. The van der Waals surface area contributed by atoms with E-state index in [4.69, 9.17) is 22.1 Å². The maximum absolute atomic E-state index is 12.9. The summed E-state index contributed by atoms with van der Waals surface area (Å²) < 4.78 is 14.4. The number of halogens is 2. The van der Waals surface area contributed by atoms with Crippen LogP contribution in [0.15, 0.2) is 24.5 Å². The number of nitrogens with zero attached hydrogens (tertiary/aromatic N) is 4. The van der Waals surface area contributed by atoms with Crippen molar-refractivity contribution in [3.05, 3.63) is 52.3 Å². The summed E-state index contributed by atoms with van der Waals surface area (Å²) in [5.74, 6) is -0.424. The summed E-state index contributed by atoms with van der Waals surface area (Å²) in [7, 11) is 0. The molecule has 0 aliphatic heterocycles. The minimum absolute atomic E-state index is 0.0655. The summed E-state index contributed by atoms with van der Waals surface area (Å²) in [6.45, 7) is 0.261. The van der Waals surface area contributed by atoms with Gasteiger partial charge in [-0.2, -0.15) is 10.5 Å². The lowest BCUT2D eigenvalue weighted by atomic mass is 10.2. The topological polar surface area (TPSA) is 65.4 Å². The molecule has 0 spiro atoms. The third kappa shape index (κ3) is 2.17. The highest BCUT2D eigenvalue weighted by Gasteiger charge is 2.11. The summed E-state index contributed by atoms with van der Waals surface area (Å²) in [5, 5.41) is 18.0. The molecular formula is C12H6ClFN4. The van der Waals surface area contributed by atoms with E-state index < -0.39 is 5.82 Å². The zero-order valence-corrected chi connectivity index (χ0v) is 9.82. The molecule has 0 unspecified atom stereocenters.